The van der Waals surface area contributed by atoms with Crippen LogP contribution in [0, 0.1) is 0 Å². The average molecular weight is 739 g/mol. The van der Waals surface area contributed by atoms with Crippen LogP contribution in [-0.4, -0.2) is 28.7 Å². The standard InChI is InChI=1S/C51H32N6/c1-4-16-33(17-5-1)49-52-50(34-28-29-40-37-22-10-13-25-43(37)55(46(40)32-34)35-18-6-2-7-19-35)54-51(53-49)57-45-27-15-12-24-39(45)42-31-30-41-38-23-11-14-26-44(38)56(47(41)48(42)57)36-20-8-3-9-21-36/h1-32H/i1D,3D,4D,5D,8D,9D,16D,17D,20D,21D. The molecule has 4 aromatic heterocycles. The molecule has 0 fully saturated rings. The van der Waals surface area contributed by atoms with Crippen LogP contribution in [0.4, 0.5) is 0 Å². The molecule has 0 saturated heterocycles. The van der Waals surface area contributed by atoms with Crippen LogP contribution in [0.15, 0.2) is 194 Å². The second-order valence-electron chi connectivity index (χ2n) is 13.7. The van der Waals surface area contributed by atoms with Gasteiger partial charge in [0.25, 0.3) is 0 Å². The van der Waals surface area contributed by atoms with E-state index in [1.165, 1.54) is 0 Å². The molecule has 0 atom stereocenters. The minimum absolute atomic E-state index is 0.0419. The van der Waals surface area contributed by atoms with Crippen molar-refractivity contribution < 1.29 is 13.7 Å². The maximum atomic E-state index is 9.18. The first-order valence-electron chi connectivity index (χ1n) is 23.4. The van der Waals surface area contributed by atoms with Gasteiger partial charge in [-0.2, -0.15) is 9.97 Å². The van der Waals surface area contributed by atoms with Crippen LogP contribution >= 0.6 is 0 Å². The largest absolute Gasteiger partial charge is 0.309 e. The van der Waals surface area contributed by atoms with Crippen molar-refractivity contribution in [3.63, 3.8) is 0 Å². The third kappa shape index (κ3) is 4.74. The number of nitrogens with zero attached hydrogens (tertiary/aromatic N) is 6. The summed E-state index contributed by atoms with van der Waals surface area (Å²) in [7, 11) is 0. The van der Waals surface area contributed by atoms with E-state index in [0.29, 0.717) is 27.6 Å². The average Bonchev–Trinajstić information content (AvgIpc) is 4.00. The minimum atomic E-state index is -0.558. The molecule has 4 heterocycles. The van der Waals surface area contributed by atoms with Gasteiger partial charge in [-0.25, -0.2) is 4.98 Å². The normalized spacial score (nSPS) is 14.3. The number of para-hydroxylation sites is 5. The van der Waals surface area contributed by atoms with Gasteiger partial charge in [-0.3, -0.25) is 4.57 Å². The van der Waals surface area contributed by atoms with Crippen LogP contribution in [0.25, 0.3) is 106 Å². The lowest BCUT2D eigenvalue weighted by molar-refractivity contribution is 0.953. The summed E-state index contributed by atoms with van der Waals surface area (Å²) in [6.45, 7) is 0. The SMILES string of the molecule is [2H]c1c([2H])c([2H])c(-c2nc(-c3ccc4c5ccccc5n(-c5ccccc5)c4c3)nc(-n3c4ccccc4c4ccc5c6ccccc6n(-c6c([2H])c([2H])c([2H])c([2H])c6[2H])c5c43)n2)c([2H])c1[2H]. The predicted molar refractivity (Wildman–Crippen MR) is 234 cm³/mol. The molecule has 12 rings (SSSR count). The van der Waals surface area contributed by atoms with E-state index in [9.17, 15) is 2.74 Å². The van der Waals surface area contributed by atoms with Gasteiger partial charge in [-0.15, -0.1) is 0 Å². The molecule has 0 aliphatic heterocycles. The molecule has 0 aliphatic carbocycles. The lowest BCUT2D eigenvalue weighted by Crippen LogP contribution is -2.07. The Labute approximate surface area is 341 Å². The van der Waals surface area contributed by atoms with Crippen LogP contribution in [0.5, 0.6) is 0 Å². The number of hydrogen-bond acceptors (Lipinski definition) is 3. The summed E-state index contributed by atoms with van der Waals surface area (Å²) < 4.78 is 93.6. The number of fused-ring (bicyclic) bond motifs is 10. The Balaban J connectivity index is 1.24. The van der Waals surface area contributed by atoms with Crippen molar-refractivity contribution in [3.05, 3.63) is 194 Å². The summed E-state index contributed by atoms with van der Waals surface area (Å²) >= 11 is 0. The highest BCUT2D eigenvalue weighted by molar-refractivity contribution is 6.23. The molecular weight excluding hydrogens is 697 g/mol. The molecule has 6 nitrogen and oxygen atoms in total. The maximum absolute atomic E-state index is 9.18. The van der Waals surface area contributed by atoms with Crippen molar-refractivity contribution in [2.24, 2.45) is 0 Å². The maximum Gasteiger partial charge on any atom is 0.238 e. The molecule has 8 aromatic carbocycles. The van der Waals surface area contributed by atoms with Crippen LogP contribution in [0.1, 0.15) is 13.7 Å². The Morgan fingerprint density at radius 1 is 0.351 bits per heavy atom. The fraction of sp³-hybridized carbons (Fsp3) is 0. The lowest BCUT2D eigenvalue weighted by Gasteiger charge is -2.13. The summed E-state index contributed by atoms with van der Waals surface area (Å²) in [6.07, 6.45) is 0. The zero-order chi connectivity index (χ0) is 46.2. The van der Waals surface area contributed by atoms with Gasteiger partial charge in [-0.05, 0) is 48.5 Å². The van der Waals surface area contributed by atoms with E-state index in [2.05, 4.69) is 16.7 Å². The fourth-order valence-electron chi connectivity index (χ4n) is 8.33. The molecule has 0 spiro atoms. The smallest absolute Gasteiger partial charge is 0.238 e. The van der Waals surface area contributed by atoms with Crippen LogP contribution in [-0.2, 0) is 0 Å². The van der Waals surface area contributed by atoms with Crippen molar-refractivity contribution in [3.8, 4) is 40.1 Å². The van der Waals surface area contributed by atoms with Crippen molar-refractivity contribution in [2.45, 2.75) is 0 Å². The van der Waals surface area contributed by atoms with Gasteiger partial charge < -0.3 is 9.13 Å². The van der Waals surface area contributed by atoms with Gasteiger partial charge >= 0.3 is 0 Å². The zero-order valence-electron chi connectivity index (χ0n) is 39.9. The second kappa shape index (κ2) is 12.3. The molecule has 0 bridgehead atoms. The Bertz CT molecular complexity index is 4060. The van der Waals surface area contributed by atoms with Gasteiger partial charge in [0.05, 0.1) is 46.8 Å². The first-order valence-corrected chi connectivity index (χ1v) is 18.4. The quantitative estimate of drug-likeness (QED) is 0.177. The van der Waals surface area contributed by atoms with E-state index in [1.807, 2.05) is 126 Å². The highest BCUT2D eigenvalue weighted by Gasteiger charge is 2.24. The fourth-order valence-corrected chi connectivity index (χ4v) is 8.33. The van der Waals surface area contributed by atoms with E-state index in [-0.39, 0.29) is 40.9 Å². The molecule has 266 valence electrons. The molecule has 0 saturated carbocycles. The van der Waals surface area contributed by atoms with Gasteiger partial charge in [0.1, 0.15) is 0 Å². The van der Waals surface area contributed by atoms with Crippen LogP contribution in [0.2, 0.25) is 0 Å². The Morgan fingerprint density at radius 3 is 1.51 bits per heavy atom. The highest BCUT2D eigenvalue weighted by atomic mass is 15.2. The molecule has 12 aromatic rings. The summed E-state index contributed by atoms with van der Waals surface area (Å²) in [5.74, 6) is 0.0416. The molecule has 0 radical (unpaired) electrons. The first-order chi connectivity index (χ1) is 32.4. The molecule has 0 unspecified atom stereocenters. The zero-order valence-corrected chi connectivity index (χ0v) is 29.9. The number of hydrogen-bond donors (Lipinski definition) is 0. The van der Waals surface area contributed by atoms with Crippen molar-refractivity contribution in [2.75, 3.05) is 0 Å². The Kier molecular flexibility index (Phi) is 5.02. The summed E-state index contributed by atoms with van der Waals surface area (Å²) in [6, 6.07) is 38.1. The molecule has 57 heavy (non-hydrogen) atoms. The van der Waals surface area contributed by atoms with Crippen LogP contribution in [0.3, 0.4) is 0 Å². The molecule has 0 N–H and O–H groups in total. The van der Waals surface area contributed by atoms with E-state index in [1.54, 1.807) is 4.57 Å². The Morgan fingerprint density at radius 2 is 0.842 bits per heavy atom. The topological polar surface area (TPSA) is 53.5 Å². The van der Waals surface area contributed by atoms with E-state index in [0.717, 1.165) is 49.0 Å². The van der Waals surface area contributed by atoms with Crippen molar-refractivity contribution in [1.29, 1.82) is 0 Å². The number of aromatic nitrogens is 6. The van der Waals surface area contributed by atoms with Gasteiger partial charge in [0.2, 0.25) is 5.95 Å². The molecular formula is C51H32N6. The summed E-state index contributed by atoms with van der Waals surface area (Å²) in [4.78, 5) is 15.1. The summed E-state index contributed by atoms with van der Waals surface area (Å²) in [5, 5.41) is 5.03. The molecule has 0 aliphatic rings. The third-order valence-corrected chi connectivity index (χ3v) is 10.7. The summed E-state index contributed by atoms with van der Waals surface area (Å²) in [5.41, 5.74) is 5.37. The van der Waals surface area contributed by atoms with E-state index < -0.39 is 48.3 Å². The van der Waals surface area contributed by atoms with E-state index in [4.69, 9.17) is 25.9 Å². The number of rotatable bonds is 5. The third-order valence-electron chi connectivity index (χ3n) is 10.7. The van der Waals surface area contributed by atoms with Crippen molar-refractivity contribution >= 4 is 65.4 Å². The monoisotopic (exact) mass is 738 g/mol. The van der Waals surface area contributed by atoms with E-state index >= 15 is 0 Å². The van der Waals surface area contributed by atoms with Gasteiger partial charge in [0, 0.05) is 54.8 Å². The van der Waals surface area contributed by atoms with Gasteiger partial charge in [0.15, 0.2) is 11.6 Å². The predicted octanol–water partition coefficient (Wildman–Crippen LogP) is 12.5. The highest BCUT2D eigenvalue weighted by Crippen LogP contribution is 2.42. The molecule has 6 heteroatoms. The van der Waals surface area contributed by atoms with Gasteiger partial charge in [-0.1, -0.05) is 145 Å². The second-order valence-corrected chi connectivity index (χ2v) is 13.7. The minimum Gasteiger partial charge on any atom is -0.309 e. The number of benzene rings is 8. The van der Waals surface area contributed by atoms with Crippen molar-refractivity contribution in [1.82, 2.24) is 28.7 Å². The van der Waals surface area contributed by atoms with Crippen LogP contribution < -0.4 is 0 Å². The Hall–Kier alpha value is -7.83. The lowest BCUT2D eigenvalue weighted by atomic mass is 10.1. The molecule has 0 amide bonds. The first kappa shape index (κ1) is 23.2.